The first-order valence-electron chi connectivity index (χ1n) is 7.78. The van der Waals surface area contributed by atoms with Gasteiger partial charge in [0, 0.05) is 16.8 Å². The van der Waals surface area contributed by atoms with Crippen LogP contribution in [0.4, 0.5) is 10.1 Å². The number of halogens is 1. The van der Waals surface area contributed by atoms with Crippen molar-refractivity contribution in [3.05, 3.63) is 76.5 Å². The molecule has 1 aromatic heterocycles. The lowest BCUT2D eigenvalue weighted by Crippen LogP contribution is -2.15. The van der Waals surface area contributed by atoms with E-state index in [9.17, 15) is 9.18 Å². The van der Waals surface area contributed by atoms with E-state index in [4.69, 9.17) is 0 Å². The Bertz CT molecular complexity index is 879. The molecule has 0 aliphatic carbocycles. The first kappa shape index (κ1) is 17.6. The van der Waals surface area contributed by atoms with E-state index >= 15 is 0 Å². The molecule has 25 heavy (non-hydrogen) atoms. The number of aryl methyl sites for hydroxylation is 1. The lowest BCUT2D eigenvalue weighted by atomic mass is 10.2. The van der Waals surface area contributed by atoms with Crippen LogP contribution in [-0.2, 0) is 17.0 Å². The van der Waals surface area contributed by atoms with Crippen LogP contribution in [0.1, 0.15) is 16.8 Å². The molecule has 0 fully saturated rings. The van der Waals surface area contributed by atoms with Crippen LogP contribution < -0.4 is 5.32 Å². The quantitative estimate of drug-likeness (QED) is 0.615. The first-order chi connectivity index (χ1) is 12.1. The summed E-state index contributed by atoms with van der Waals surface area (Å²) >= 11 is 2.95. The highest BCUT2D eigenvalue weighted by molar-refractivity contribution is 8.00. The minimum Gasteiger partial charge on any atom is -0.326 e. The van der Waals surface area contributed by atoms with E-state index in [0.717, 1.165) is 21.3 Å². The topological polar surface area (TPSA) is 42.0 Å². The minimum absolute atomic E-state index is 0.0924. The van der Waals surface area contributed by atoms with E-state index < -0.39 is 0 Å². The summed E-state index contributed by atoms with van der Waals surface area (Å²) in [5.74, 6) is 0.226. The Morgan fingerprint density at radius 2 is 1.96 bits per heavy atom. The molecule has 0 saturated carbocycles. The van der Waals surface area contributed by atoms with Gasteiger partial charge in [-0.3, -0.25) is 4.79 Å². The van der Waals surface area contributed by atoms with E-state index in [-0.39, 0.29) is 18.1 Å². The predicted octanol–water partition coefficient (Wildman–Crippen LogP) is 5.06. The highest BCUT2D eigenvalue weighted by atomic mass is 32.2. The molecule has 0 aliphatic rings. The van der Waals surface area contributed by atoms with Gasteiger partial charge in [-0.1, -0.05) is 48.2 Å². The first-order valence-corrected chi connectivity index (χ1v) is 9.64. The molecule has 6 heteroatoms. The van der Waals surface area contributed by atoms with Crippen molar-refractivity contribution in [2.75, 3.05) is 5.32 Å². The molecular weight excluding hydrogens is 355 g/mol. The molecule has 0 unspecified atom stereocenters. The van der Waals surface area contributed by atoms with Gasteiger partial charge in [0.05, 0.1) is 12.1 Å². The lowest BCUT2D eigenvalue weighted by molar-refractivity contribution is -0.115. The summed E-state index contributed by atoms with van der Waals surface area (Å²) in [6.07, 6.45) is 0.227. The Kier molecular flexibility index (Phi) is 5.83. The van der Waals surface area contributed by atoms with Crippen molar-refractivity contribution in [3.8, 4) is 0 Å². The van der Waals surface area contributed by atoms with Gasteiger partial charge in [-0.25, -0.2) is 9.37 Å². The third-order valence-electron chi connectivity index (χ3n) is 3.60. The van der Waals surface area contributed by atoms with Crippen molar-refractivity contribution < 1.29 is 9.18 Å². The summed E-state index contributed by atoms with van der Waals surface area (Å²) < 4.78 is 14.5. The van der Waals surface area contributed by atoms with Gasteiger partial charge in [-0.05, 0) is 30.2 Å². The van der Waals surface area contributed by atoms with Gasteiger partial charge in [-0.2, -0.15) is 0 Å². The number of carbonyl (C=O) groups excluding carboxylic acids is 1. The fraction of sp³-hybridized carbons (Fsp3) is 0.158. The summed E-state index contributed by atoms with van der Waals surface area (Å²) in [6.45, 7) is 1.95. The van der Waals surface area contributed by atoms with Crippen molar-refractivity contribution in [2.24, 2.45) is 0 Å². The number of thiazole rings is 1. The number of hydrogen-bond donors (Lipinski definition) is 1. The van der Waals surface area contributed by atoms with Crippen LogP contribution in [0.15, 0.2) is 58.3 Å². The predicted molar refractivity (Wildman–Crippen MR) is 102 cm³/mol. The van der Waals surface area contributed by atoms with Gasteiger partial charge in [0.25, 0.3) is 0 Å². The second kappa shape index (κ2) is 8.27. The van der Waals surface area contributed by atoms with E-state index in [1.807, 2.05) is 42.6 Å². The smallest absolute Gasteiger partial charge is 0.230 e. The SMILES string of the molecule is Cc1ccccc1NC(=O)Cc1csc(SCc2ccccc2F)n1. The average Bonchev–Trinajstić information content (AvgIpc) is 3.03. The van der Waals surface area contributed by atoms with Gasteiger partial charge >= 0.3 is 0 Å². The van der Waals surface area contributed by atoms with Crippen LogP contribution in [0.2, 0.25) is 0 Å². The second-order valence-electron chi connectivity index (χ2n) is 5.52. The number of anilines is 1. The maximum absolute atomic E-state index is 13.6. The molecule has 0 atom stereocenters. The Labute approximate surface area is 154 Å². The molecule has 2 aromatic carbocycles. The highest BCUT2D eigenvalue weighted by Crippen LogP contribution is 2.27. The monoisotopic (exact) mass is 372 g/mol. The number of aromatic nitrogens is 1. The number of benzene rings is 2. The van der Waals surface area contributed by atoms with Crippen LogP contribution >= 0.6 is 23.1 Å². The van der Waals surface area contributed by atoms with Crippen molar-refractivity contribution in [2.45, 2.75) is 23.4 Å². The molecular formula is C19H17FN2OS2. The molecule has 3 aromatic rings. The number of carbonyl (C=O) groups is 1. The summed E-state index contributed by atoms with van der Waals surface area (Å²) in [6, 6.07) is 14.4. The number of amides is 1. The number of nitrogens with one attached hydrogen (secondary N) is 1. The molecule has 128 valence electrons. The van der Waals surface area contributed by atoms with Crippen molar-refractivity contribution in [1.29, 1.82) is 0 Å². The van der Waals surface area contributed by atoms with Crippen molar-refractivity contribution in [3.63, 3.8) is 0 Å². The molecule has 1 N–H and O–H groups in total. The molecule has 0 bridgehead atoms. The summed E-state index contributed by atoms with van der Waals surface area (Å²) in [7, 11) is 0. The number of rotatable bonds is 6. The summed E-state index contributed by atoms with van der Waals surface area (Å²) in [5, 5.41) is 4.78. The third kappa shape index (κ3) is 4.90. The zero-order chi connectivity index (χ0) is 17.6. The van der Waals surface area contributed by atoms with Crippen LogP contribution in [0.5, 0.6) is 0 Å². The standard InChI is InChI=1S/C19H17FN2OS2/c1-13-6-2-5-9-17(13)22-18(23)10-15-12-25-19(21-15)24-11-14-7-3-4-8-16(14)20/h2-9,12H,10-11H2,1H3,(H,22,23). The molecule has 1 amide bonds. The summed E-state index contributed by atoms with van der Waals surface area (Å²) in [5.41, 5.74) is 3.22. The van der Waals surface area contributed by atoms with Gasteiger partial charge in [0.15, 0.2) is 0 Å². The molecule has 0 aliphatic heterocycles. The van der Waals surface area contributed by atoms with Gasteiger partial charge in [0.2, 0.25) is 5.91 Å². The zero-order valence-electron chi connectivity index (χ0n) is 13.7. The Morgan fingerprint density at radius 3 is 2.76 bits per heavy atom. The van der Waals surface area contributed by atoms with Gasteiger partial charge in [-0.15, -0.1) is 11.3 Å². The Balaban J connectivity index is 1.55. The minimum atomic E-state index is -0.204. The summed E-state index contributed by atoms with van der Waals surface area (Å²) in [4.78, 5) is 16.6. The maximum Gasteiger partial charge on any atom is 0.230 e. The number of thioether (sulfide) groups is 1. The number of nitrogens with zero attached hydrogens (tertiary/aromatic N) is 1. The van der Waals surface area contributed by atoms with Crippen molar-refractivity contribution in [1.82, 2.24) is 4.98 Å². The fourth-order valence-corrected chi connectivity index (χ4v) is 4.09. The lowest BCUT2D eigenvalue weighted by Gasteiger charge is -2.06. The molecule has 0 spiro atoms. The Morgan fingerprint density at radius 1 is 1.20 bits per heavy atom. The van der Waals surface area contributed by atoms with Crippen LogP contribution in [0.25, 0.3) is 0 Å². The van der Waals surface area contributed by atoms with E-state index in [2.05, 4.69) is 10.3 Å². The van der Waals surface area contributed by atoms with E-state index in [1.165, 1.54) is 29.2 Å². The number of para-hydroxylation sites is 1. The van der Waals surface area contributed by atoms with Gasteiger partial charge in [0.1, 0.15) is 10.2 Å². The third-order valence-corrected chi connectivity index (χ3v) is 5.72. The van der Waals surface area contributed by atoms with Crippen LogP contribution in [0, 0.1) is 12.7 Å². The number of hydrogen-bond acceptors (Lipinski definition) is 4. The van der Waals surface area contributed by atoms with Crippen molar-refractivity contribution >= 4 is 34.7 Å². The second-order valence-corrected chi connectivity index (χ2v) is 7.61. The largest absolute Gasteiger partial charge is 0.326 e. The molecule has 0 radical (unpaired) electrons. The molecule has 1 heterocycles. The van der Waals surface area contributed by atoms with Crippen LogP contribution in [-0.4, -0.2) is 10.9 Å². The highest BCUT2D eigenvalue weighted by Gasteiger charge is 2.10. The molecule has 3 rings (SSSR count). The van der Waals surface area contributed by atoms with E-state index in [1.54, 1.807) is 12.1 Å². The maximum atomic E-state index is 13.6. The average molecular weight is 372 g/mol. The van der Waals surface area contributed by atoms with Crippen LogP contribution in [0.3, 0.4) is 0 Å². The molecule has 3 nitrogen and oxygen atoms in total. The fourth-order valence-electron chi connectivity index (χ4n) is 2.26. The molecule has 0 saturated heterocycles. The Hall–Kier alpha value is -2.18. The zero-order valence-corrected chi connectivity index (χ0v) is 15.3. The van der Waals surface area contributed by atoms with Gasteiger partial charge < -0.3 is 5.32 Å². The van der Waals surface area contributed by atoms with E-state index in [0.29, 0.717) is 11.3 Å². The normalized spacial score (nSPS) is 10.6.